The Morgan fingerprint density at radius 2 is 1.46 bits per heavy atom. The molecular formula is C37H27NO3. The molecule has 0 aromatic heterocycles. The fraction of sp³-hybridized carbons (Fsp3) is 0.162. The van der Waals surface area contributed by atoms with E-state index < -0.39 is 5.60 Å². The zero-order chi connectivity index (χ0) is 27.1. The van der Waals surface area contributed by atoms with Gasteiger partial charge in [-0.05, 0) is 71.8 Å². The van der Waals surface area contributed by atoms with Crippen LogP contribution in [0.2, 0.25) is 0 Å². The summed E-state index contributed by atoms with van der Waals surface area (Å²) in [6.45, 7) is 0.920. The number of para-hydroxylation sites is 1. The van der Waals surface area contributed by atoms with Crippen molar-refractivity contribution in [3.63, 3.8) is 0 Å². The van der Waals surface area contributed by atoms with Crippen LogP contribution in [-0.4, -0.2) is 12.5 Å². The zero-order valence-electron chi connectivity index (χ0n) is 22.5. The molecule has 0 saturated carbocycles. The van der Waals surface area contributed by atoms with Gasteiger partial charge >= 0.3 is 5.97 Å². The van der Waals surface area contributed by atoms with E-state index in [0.29, 0.717) is 11.5 Å². The van der Waals surface area contributed by atoms with Crippen LogP contribution in [0.1, 0.15) is 61.6 Å². The molecule has 5 aromatic carbocycles. The second-order valence-corrected chi connectivity index (χ2v) is 11.5. The molecule has 5 aromatic rings. The highest BCUT2D eigenvalue weighted by Gasteiger charge is 2.53. The summed E-state index contributed by atoms with van der Waals surface area (Å²) in [6, 6.07) is 37.9. The second kappa shape index (κ2) is 8.34. The van der Waals surface area contributed by atoms with Crippen molar-refractivity contribution in [1.82, 2.24) is 0 Å². The van der Waals surface area contributed by atoms with Crippen LogP contribution < -0.4 is 9.64 Å². The monoisotopic (exact) mass is 533 g/mol. The Labute approximate surface area is 238 Å². The number of hydrogen-bond donors (Lipinski definition) is 0. The van der Waals surface area contributed by atoms with Gasteiger partial charge in [0.15, 0.2) is 5.60 Å². The van der Waals surface area contributed by atoms with Gasteiger partial charge in [-0.25, -0.2) is 4.79 Å². The third kappa shape index (κ3) is 3.13. The topological polar surface area (TPSA) is 38.8 Å². The molecule has 41 heavy (non-hydrogen) atoms. The third-order valence-corrected chi connectivity index (χ3v) is 9.46. The lowest BCUT2D eigenvalue weighted by Gasteiger charge is -2.37. The summed E-state index contributed by atoms with van der Waals surface area (Å²) in [7, 11) is 0. The molecule has 2 atom stereocenters. The maximum absolute atomic E-state index is 13.3. The molecule has 198 valence electrons. The molecule has 3 aliphatic heterocycles. The van der Waals surface area contributed by atoms with Gasteiger partial charge in [0.2, 0.25) is 0 Å². The predicted molar refractivity (Wildman–Crippen MR) is 158 cm³/mol. The number of anilines is 2. The van der Waals surface area contributed by atoms with E-state index in [1.165, 1.54) is 27.9 Å². The summed E-state index contributed by atoms with van der Waals surface area (Å²) in [6.07, 6.45) is 3.17. The number of ether oxygens (including phenoxy) is 2. The smallest absolute Gasteiger partial charge is 0.340 e. The van der Waals surface area contributed by atoms with Crippen LogP contribution in [0.3, 0.4) is 0 Å². The summed E-state index contributed by atoms with van der Waals surface area (Å²) >= 11 is 0. The van der Waals surface area contributed by atoms with Crippen molar-refractivity contribution in [2.75, 3.05) is 11.4 Å². The van der Waals surface area contributed by atoms with E-state index in [1.807, 2.05) is 24.3 Å². The highest BCUT2D eigenvalue weighted by molar-refractivity contribution is 5.97. The number of carbonyl (C=O) groups excluding carboxylic acids is 1. The fourth-order valence-corrected chi connectivity index (χ4v) is 7.58. The molecule has 0 fully saturated rings. The predicted octanol–water partition coefficient (Wildman–Crippen LogP) is 8.03. The van der Waals surface area contributed by atoms with Crippen LogP contribution in [-0.2, 0) is 23.2 Å². The first-order valence-corrected chi connectivity index (χ1v) is 14.4. The summed E-state index contributed by atoms with van der Waals surface area (Å²) in [4.78, 5) is 15.7. The molecule has 0 saturated heterocycles. The quantitative estimate of drug-likeness (QED) is 0.215. The number of fused-ring (bicyclic) bond motifs is 8. The summed E-state index contributed by atoms with van der Waals surface area (Å²) in [5.74, 6) is 1.50. The van der Waals surface area contributed by atoms with Gasteiger partial charge in [0.25, 0.3) is 0 Å². The van der Waals surface area contributed by atoms with Crippen molar-refractivity contribution in [3.05, 3.63) is 154 Å². The van der Waals surface area contributed by atoms with Crippen LogP contribution in [0.4, 0.5) is 11.4 Å². The lowest BCUT2D eigenvalue weighted by atomic mass is 9.77. The molecule has 1 aliphatic carbocycles. The number of carbonyl (C=O) groups is 1. The Balaban J connectivity index is 1.22. The molecule has 4 heteroatoms. The highest BCUT2D eigenvalue weighted by atomic mass is 16.6. The molecule has 0 N–H and O–H groups in total. The molecule has 3 heterocycles. The van der Waals surface area contributed by atoms with Crippen molar-refractivity contribution < 1.29 is 14.3 Å². The van der Waals surface area contributed by atoms with Crippen LogP contribution in [0, 0.1) is 0 Å². The van der Waals surface area contributed by atoms with Gasteiger partial charge < -0.3 is 14.4 Å². The van der Waals surface area contributed by atoms with Crippen molar-refractivity contribution in [1.29, 1.82) is 0 Å². The Morgan fingerprint density at radius 1 is 0.707 bits per heavy atom. The van der Waals surface area contributed by atoms with E-state index in [4.69, 9.17) is 9.47 Å². The molecule has 0 amide bonds. The normalized spacial score (nSPS) is 21.0. The number of esters is 1. The maximum Gasteiger partial charge on any atom is 0.340 e. The lowest BCUT2D eigenvalue weighted by molar-refractivity contribution is 0.0224. The average molecular weight is 534 g/mol. The molecule has 1 spiro atoms. The van der Waals surface area contributed by atoms with E-state index in [0.717, 1.165) is 59.7 Å². The van der Waals surface area contributed by atoms with E-state index in [9.17, 15) is 4.79 Å². The third-order valence-electron chi connectivity index (χ3n) is 9.46. The Bertz CT molecular complexity index is 1800. The first kappa shape index (κ1) is 22.9. The number of aryl methyl sites for hydroxylation is 1. The molecule has 0 radical (unpaired) electrons. The van der Waals surface area contributed by atoms with Crippen molar-refractivity contribution in [2.45, 2.75) is 30.8 Å². The summed E-state index contributed by atoms with van der Waals surface area (Å²) in [5, 5.41) is 0. The fourth-order valence-electron chi connectivity index (χ4n) is 7.58. The largest absolute Gasteiger partial charge is 0.456 e. The van der Waals surface area contributed by atoms with Crippen LogP contribution in [0.15, 0.2) is 109 Å². The van der Waals surface area contributed by atoms with Crippen LogP contribution in [0.25, 0.3) is 0 Å². The Hall–Kier alpha value is -4.83. The molecule has 9 rings (SSSR count). The molecule has 0 bridgehead atoms. The van der Waals surface area contributed by atoms with E-state index >= 15 is 0 Å². The van der Waals surface area contributed by atoms with Gasteiger partial charge in [0.1, 0.15) is 11.5 Å². The molecule has 4 aliphatic rings. The minimum Gasteiger partial charge on any atom is -0.456 e. The van der Waals surface area contributed by atoms with Crippen LogP contribution >= 0.6 is 0 Å². The Morgan fingerprint density at radius 3 is 2.39 bits per heavy atom. The van der Waals surface area contributed by atoms with Gasteiger partial charge in [-0.3, -0.25) is 0 Å². The van der Waals surface area contributed by atoms with E-state index in [-0.39, 0.29) is 5.97 Å². The van der Waals surface area contributed by atoms with Gasteiger partial charge in [0, 0.05) is 46.6 Å². The molecular weight excluding hydrogens is 506 g/mol. The van der Waals surface area contributed by atoms with Crippen molar-refractivity contribution >= 4 is 17.3 Å². The zero-order valence-corrected chi connectivity index (χ0v) is 22.5. The summed E-state index contributed by atoms with van der Waals surface area (Å²) < 4.78 is 13.2. The SMILES string of the molecule is O=C1OC2(c3ccc(C4CCc5ccccc54)cc3Oc3cc(N4CCc5ccccc54)ccc32)c2ccccc21. The standard InChI is InChI=1S/C37H27NO3/c39-36-29-10-4-5-11-30(29)37(41-36)31-17-14-25(28-16-13-23-7-1-3-9-27(23)28)21-34(31)40-35-22-26(15-18-32(35)37)38-20-19-24-8-2-6-12-33(24)38/h1-12,14-15,17-18,21-22,28H,13,16,19-20H2. The van der Waals surface area contributed by atoms with E-state index in [2.05, 4.69) is 89.8 Å². The Kier molecular flexibility index (Phi) is 4.66. The molecule has 2 unspecified atom stereocenters. The number of hydrogen-bond acceptors (Lipinski definition) is 4. The van der Waals surface area contributed by atoms with E-state index in [1.54, 1.807) is 0 Å². The minimum atomic E-state index is -1.05. The number of benzene rings is 5. The van der Waals surface area contributed by atoms with Gasteiger partial charge in [-0.1, -0.05) is 72.8 Å². The second-order valence-electron chi connectivity index (χ2n) is 11.5. The van der Waals surface area contributed by atoms with Crippen molar-refractivity contribution in [3.8, 4) is 11.5 Å². The number of nitrogens with zero attached hydrogens (tertiary/aromatic N) is 1. The maximum atomic E-state index is 13.3. The average Bonchev–Trinajstić information content (AvgIpc) is 3.72. The van der Waals surface area contributed by atoms with Gasteiger partial charge in [0.05, 0.1) is 5.56 Å². The van der Waals surface area contributed by atoms with Crippen molar-refractivity contribution in [2.24, 2.45) is 0 Å². The van der Waals surface area contributed by atoms with Gasteiger partial charge in [-0.2, -0.15) is 0 Å². The molecule has 4 nitrogen and oxygen atoms in total. The first-order valence-electron chi connectivity index (χ1n) is 14.4. The summed E-state index contributed by atoms with van der Waals surface area (Å²) in [5.41, 5.74) is 9.87. The number of rotatable bonds is 2. The van der Waals surface area contributed by atoms with Crippen LogP contribution in [0.5, 0.6) is 11.5 Å². The highest BCUT2D eigenvalue weighted by Crippen LogP contribution is 2.57. The first-order chi connectivity index (χ1) is 20.2. The van der Waals surface area contributed by atoms with Gasteiger partial charge in [-0.15, -0.1) is 0 Å². The lowest BCUT2D eigenvalue weighted by Crippen LogP contribution is -2.33. The minimum absolute atomic E-state index is 0.300.